The van der Waals surface area contributed by atoms with Gasteiger partial charge in [0.05, 0.1) is 30.2 Å². The minimum Gasteiger partial charge on any atom is -0.508 e. The van der Waals surface area contributed by atoms with E-state index in [1.54, 1.807) is 25.1 Å². The molecular weight excluding hydrogens is 332 g/mol. The van der Waals surface area contributed by atoms with Crippen molar-refractivity contribution in [2.75, 3.05) is 6.61 Å². The molecule has 0 fully saturated rings. The van der Waals surface area contributed by atoms with Gasteiger partial charge in [-0.05, 0) is 37.1 Å². The van der Waals surface area contributed by atoms with Crippen LogP contribution < -0.4 is 0 Å². The summed E-state index contributed by atoms with van der Waals surface area (Å²) in [5.74, 6) is 0.627. The Balaban J connectivity index is 1.75. The summed E-state index contributed by atoms with van der Waals surface area (Å²) in [6.45, 7) is 2.03. The zero-order valence-corrected chi connectivity index (χ0v) is 14.6. The lowest BCUT2D eigenvalue weighted by molar-refractivity contribution is -0.145. The maximum Gasteiger partial charge on any atom is 0.308 e. The van der Waals surface area contributed by atoms with Crippen LogP contribution in [0.3, 0.4) is 0 Å². The van der Waals surface area contributed by atoms with Crippen LogP contribution in [0, 0.1) is 0 Å². The Hall–Kier alpha value is -2.86. The summed E-state index contributed by atoms with van der Waals surface area (Å²) in [4.78, 5) is 19.5. The third-order valence-electron chi connectivity index (χ3n) is 4.20. The van der Waals surface area contributed by atoms with Crippen molar-refractivity contribution in [3.8, 4) is 5.75 Å². The zero-order valence-electron chi connectivity index (χ0n) is 14.6. The van der Waals surface area contributed by atoms with E-state index in [0.29, 0.717) is 24.1 Å². The van der Waals surface area contributed by atoms with E-state index in [-0.39, 0.29) is 12.2 Å². The van der Waals surface area contributed by atoms with Gasteiger partial charge in [-0.25, -0.2) is 4.98 Å². The van der Waals surface area contributed by atoms with Gasteiger partial charge in [0.1, 0.15) is 11.6 Å². The molecule has 0 spiro atoms. The predicted molar refractivity (Wildman–Crippen MR) is 97.8 cm³/mol. The number of aliphatic hydroxyl groups excluding tert-OH is 1. The van der Waals surface area contributed by atoms with E-state index in [0.717, 1.165) is 23.3 Å². The summed E-state index contributed by atoms with van der Waals surface area (Å²) in [5, 5.41) is 19.7. The van der Waals surface area contributed by atoms with Gasteiger partial charge in [-0.1, -0.05) is 24.3 Å². The summed E-state index contributed by atoms with van der Waals surface area (Å²) in [6.07, 6.45) is 0.432. The molecule has 0 bridgehead atoms. The average Bonchev–Trinajstić information content (AvgIpc) is 3.04. The van der Waals surface area contributed by atoms with E-state index in [4.69, 9.17) is 4.74 Å². The Kier molecular flexibility index (Phi) is 5.53. The number of fused-ring (bicyclic) bond motifs is 1. The predicted octanol–water partition coefficient (Wildman–Crippen LogP) is 3.04. The number of hydrogen-bond donors (Lipinski definition) is 3. The molecule has 6 heteroatoms. The van der Waals surface area contributed by atoms with E-state index in [9.17, 15) is 15.0 Å². The molecule has 26 heavy (non-hydrogen) atoms. The fraction of sp³-hybridized carbons (Fsp3) is 0.300. The first kappa shape index (κ1) is 17.9. The number of imidazole rings is 1. The van der Waals surface area contributed by atoms with Crippen molar-refractivity contribution < 1.29 is 19.7 Å². The number of aromatic nitrogens is 2. The number of nitrogens with zero attached hydrogens (tertiary/aromatic N) is 1. The largest absolute Gasteiger partial charge is 0.508 e. The van der Waals surface area contributed by atoms with Crippen LogP contribution in [0.25, 0.3) is 11.0 Å². The minimum atomic E-state index is -0.953. The molecule has 0 amide bonds. The minimum absolute atomic E-state index is 0.0946. The molecule has 0 radical (unpaired) electrons. The smallest absolute Gasteiger partial charge is 0.308 e. The number of carbonyl (C=O) groups is 1. The second-order valence-electron chi connectivity index (χ2n) is 6.12. The van der Waals surface area contributed by atoms with Crippen LogP contribution in [0.1, 0.15) is 36.4 Å². The SMILES string of the molecule is CCOC(=O)CC(O)c1cccc2[nH]c(CCc3ccc(O)cc3)nc12. The first-order chi connectivity index (χ1) is 12.6. The summed E-state index contributed by atoms with van der Waals surface area (Å²) in [6, 6.07) is 12.6. The molecule has 2 aromatic carbocycles. The van der Waals surface area contributed by atoms with Crippen LogP contribution in [0.2, 0.25) is 0 Å². The molecule has 1 unspecified atom stereocenters. The number of ether oxygens (including phenoxy) is 1. The quantitative estimate of drug-likeness (QED) is 0.567. The van der Waals surface area contributed by atoms with Crippen molar-refractivity contribution in [2.24, 2.45) is 0 Å². The van der Waals surface area contributed by atoms with Crippen molar-refractivity contribution in [3.63, 3.8) is 0 Å². The van der Waals surface area contributed by atoms with Gasteiger partial charge >= 0.3 is 5.97 Å². The lowest BCUT2D eigenvalue weighted by atomic mass is 10.1. The van der Waals surface area contributed by atoms with Crippen LogP contribution in [0.15, 0.2) is 42.5 Å². The second kappa shape index (κ2) is 8.01. The Morgan fingerprint density at radius 3 is 2.69 bits per heavy atom. The van der Waals surface area contributed by atoms with Gasteiger partial charge in [0.25, 0.3) is 0 Å². The number of carbonyl (C=O) groups excluding carboxylic acids is 1. The first-order valence-corrected chi connectivity index (χ1v) is 8.66. The van der Waals surface area contributed by atoms with E-state index in [1.807, 2.05) is 24.3 Å². The highest BCUT2D eigenvalue weighted by Crippen LogP contribution is 2.25. The number of aliphatic hydroxyl groups is 1. The molecule has 3 aromatic rings. The van der Waals surface area contributed by atoms with E-state index >= 15 is 0 Å². The number of H-pyrrole nitrogens is 1. The van der Waals surface area contributed by atoms with Crippen LogP contribution in [-0.4, -0.2) is 32.8 Å². The second-order valence-corrected chi connectivity index (χ2v) is 6.12. The monoisotopic (exact) mass is 354 g/mol. The number of aromatic hydroxyl groups is 1. The topological polar surface area (TPSA) is 95.4 Å². The summed E-state index contributed by atoms with van der Waals surface area (Å²) in [5.41, 5.74) is 3.21. The molecule has 1 atom stereocenters. The van der Waals surface area contributed by atoms with Gasteiger partial charge in [0.15, 0.2) is 0 Å². The number of phenols is 1. The molecule has 136 valence electrons. The lowest BCUT2D eigenvalue weighted by Crippen LogP contribution is -2.10. The number of rotatable bonds is 7. The van der Waals surface area contributed by atoms with Gasteiger partial charge in [-0.2, -0.15) is 0 Å². The fourth-order valence-electron chi connectivity index (χ4n) is 2.91. The van der Waals surface area contributed by atoms with Crippen molar-refractivity contribution in [2.45, 2.75) is 32.3 Å². The molecular formula is C20H22N2O4. The molecule has 0 saturated carbocycles. The molecule has 1 heterocycles. The number of benzene rings is 2. The first-order valence-electron chi connectivity index (χ1n) is 8.66. The standard InChI is InChI=1S/C20H22N2O4/c1-2-26-19(25)12-17(24)15-4-3-5-16-20(15)22-18(21-16)11-8-13-6-9-14(23)10-7-13/h3-7,9-10,17,23-24H,2,8,11-12H2,1H3,(H,21,22). The summed E-state index contributed by atoms with van der Waals surface area (Å²) >= 11 is 0. The molecule has 0 aliphatic carbocycles. The van der Waals surface area contributed by atoms with Crippen LogP contribution in [0.5, 0.6) is 5.75 Å². The maximum atomic E-state index is 11.6. The van der Waals surface area contributed by atoms with E-state index in [1.165, 1.54) is 0 Å². The van der Waals surface area contributed by atoms with Gasteiger partial charge in [-0.3, -0.25) is 4.79 Å². The summed E-state index contributed by atoms with van der Waals surface area (Å²) < 4.78 is 4.90. The van der Waals surface area contributed by atoms with Crippen LogP contribution >= 0.6 is 0 Å². The van der Waals surface area contributed by atoms with Crippen LogP contribution in [0.4, 0.5) is 0 Å². The zero-order chi connectivity index (χ0) is 18.5. The highest BCUT2D eigenvalue weighted by molar-refractivity contribution is 5.80. The third kappa shape index (κ3) is 4.21. The molecule has 0 aliphatic rings. The lowest BCUT2D eigenvalue weighted by Gasteiger charge is -2.10. The number of phenolic OH excluding ortho intramolecular Hbond substituents is 1. The van der Waals surface area contributed by atoms with Gasteiger partial charge in [0, 0.05) is 12.0 Å². The highest BCUT2D eigenvalue weighted by Gasteiger charge is 2.18. The Labute approximate surface area is 151 Å². The third-order valence-corrected chi connectivity index (χ3v) is 4.20. The number of aromatic amines is 1. The van der Waals surface area contributed by atoms with Gasteiger partial charge < -0.3 is 19.9 Å². The molecule has 3 rings (SSSR count). The summed E-state index contributed by atoms with van der Waals surface area (Å²) in [7, 11) is 0. The highest BCUT2D eigenvalue weighted by atomic mass is 16.5. The van der Waals surface area contributed by atoms with Gasteiger partial charge in [0.2, 0.25) is 0 Å². The number of hydrogen-bond acceptors (Lipinski definition) is 5. The number of aryl methyl sites for hydroxylation is 2. The van der Waals surface area contributed by atoms with Crippen molar-refractivity contribution >= 4 is 17.0 Å². The molecule has 3 N–H and O–H groups in total. The number of esters is 1. The Morgan fingerprint density at radius 2 is 1.96 bits per heavy atom. The van der Waals surface area contributed by atoms with Crippen molar-refractivity contribution in [1.82, 2.24) is 9.97 Å². The fourth-order valence-corrected chi connectivity index (χ4v) is 2.91. The number of para-hydroxylation sites is 1. The van der Waals surface area contributed by atoms with Crippen molar-refractivity contribution in [1.29, 1.82) is 0 Å². The van der Waals surface area contributed by atoms with E-state index in [2.05, 4.69) is 9.97 Å². The average molecular weight is 354 g/mol. The normalized spacial score (nSPS) is 12.2. The molecule has 6 nitrogen and oxygen atoms in total. The molecule has 0 aliphatic heterocycles. The molecule has 0 saturated heterocycles. The number of nitrogens with one attached hydrogen (secondary N) is 1. The van der Waals surface area contributed by atoms with Crippen molar-refractivity contribution in [3.05, 3.63) is 59.4 Å². The van der Waals surface area contributed by atoms with E-state index < -0.39 is 12.1 Å². The Morgan fingerprint density at radius 1 is 1.19 bits per heavy atom. The Bertz CT molecular complexity index is 886. The van der Waals surface area contributed by atoms with Crippen LogP contribution in [-0.2, 0) is 22.4 Å². The molecule has 1 aromatic heterocycles. The van der Waals surface area contributed by atoms with Gasteiger partial charge in [-0.15, -0.1) is 0 Å². The maximum absolute atomic E-state index is 11.6.